The molecular weight excluding hydrogens is 462 g/mol. The van der Waals surface area contributed by atoms with Crippen molar-refractivity contribution in [1.29, 1.82) is 0 Å². The number of nitrogens with one attached hydrogen (secondary N) is 2. The standard InChI is InChI=1S/C22H28ClN7O2S/c1-14-4-3-5-16(23)20(14)28-21(32)17-13-24-22(33-17)27-18-12-19(26-15(2)25-18)30-8-6-29(7-9-30)10-11-31/h5,12-13,31H,3-4,6-11H2,1-2H3,(H,28,32)(H,24,25,26,27). The predicted molar refractivity (Wildman–Crippen MR) is 131 cm³/mol. The summed E-state index contributed by atoms with van der Waals surface area (Å²) in [7, 11) is 0. The first-order chi connectivity index (χ1) is 15.9. The van der Waals surface area contributed by atoms with Crippen LogP contribution in [0, 0.1) is 6.92 Å². The number of anilines is 3. The van der Waals surface area contributed by atoms with Gasteiger partial charge in [0, 0.05) is 38.8 Å². The number of carbonyl (C=O) groups excluding carboxylic acids is 1. The number of hydrogen-bond acceptors (Lipinski definition) is 9. The Morgan fingerprint density at radius 2 is 2.03 bits per heavy atom. The molecule has 3 N–H and O–H groups in total. The number of nitrogens with zero attached hydrogens (tertiary/aromatic N) is 5. The molecule has 11 heteroatoms. The number of hydrogen-bond donors (Lipinski definition) is 3. The van der Waals surface area contributed by atoms with Crippen molar-refractivity contribution in [3.63, 3.8) is 0 Å². The van der Waals surface area contributed by atoms with Gasteiger partial charge in [-0.15, -0.1) is 0 Å². The average molecular weight is 490 g/mol. The molecule has 1 saturated heterocycles. The number of amides is 1. The van der Waals surface area contributed by atoms with Gasteiger partial charge in [-0.05, 0) is 32.3 Å². The van der Waals surface area contributed by atoms with E-state index >= 15 is 0 Å². The van der Waals surface area contributed by atoms with Crippen LogP contribution in [-0.2, 0) is 0 Å². The van der Waals surface area contributed by atoms with Crippen LogP contribution in [0.4, 0.5) is 16.8 Å². The highest BCUT2D eigenvalue weighted by Crippen LogP contribution is 2.28. The van der Waals surface area contributed by atoms with Crippen molar-refractivity contribution in [2.24, 2.45) is 0 Å². The molecule has 0 saturated carbocycles. The predicted octanol–water partition coefficient (Wildman–Crippen LogP) is 3.02. The van der Waals surface area contributed by atoms with Crippen molar-refractivity contribution < 1.29 is 9.90 Å². The summed E-state index contributed by atoms with van der Waals surface area (Å²) in [5.41, 5.74) is 1.76. The number of aliphatic hydroxyl groups excluding tert-OH is 1. The highest BCUT2D eigenvalue weighted by Gasteiger charge is 2.20. The molecular formula is C22H28ClN7O2S. The zero-order chi connectivity index (χ0) is 23.4. The lowest BCUT2D eigenvalue weighted by molar-refractivity contribution is 0.0970. The van der Waals surface area contributed by atoms with E-state index in [0.717, 1.165) is 50.4 Å². The fourth-order valence-electron chi connectivity index (χ4n) is 3.85. The summed E-state index contributed by atoms with van der Waals surface area (Å²) < 4.78 is 0. The van der Waals surface area contributed by atoms with Crippen LogP contribution >= 0.6 is 22.9 Å². The molecule has 0 spiro atoms. The van der Waals surface area contributed by atoms with E-state index in [1.807, 2.05) is 26.0 Å². The normalized spacial score (nSPS) is 17.2. The van der Waals surface area contributed by atoms with Gasteiger partial charge in [0.2, 0.25) is 0 Å². The molecule has 0 unspecified atom stereocenters. The monoisotopic (exact) mass is 489 g/mol. The number of aromatic nitrogens is 3. The van der Waals surface area contributed by atoms with Gasteiger partial charge in [0.25, 0.3) is 5.91 Å². The Labute approximate surface area is 202 Å². The Hall–Kier alpha value is -2.53. The second-order valence-electron chi connectivity index (χ2n) is 8.07. The van der Waals surface area contributed by atoms with Gasteiger partial charge in [0.15, 0.2) is 5.13 Å². The molecule has 1 amide bonds. The molecule has 4 rings (SSSR count). The van der Waals surface area contributed by atoms with Gasteiger partial charge in [0.1, 0.15) is 22.3 Å². The molecule has 2 aromatic rings. The number of piperazine rings is 1. The summed E-state index contributed by atoms with van der Waals surface area (Å²) in [6, 6.07) is 1.90. The highest BCUT2D eigenvalue weighted by atomic mass is 35.5. The van der Waals surface area contributed by atoms with Gasteiger partial charge in [-0.25, -0.2) is 15.0 Å². The Kier molecular flexibility index (Phi) is 7.59. The number of halogens is 1. The number of thiazole rings is 1. The summed E-state index contributed by atoms with van der Waals surface area (Å²) in [5, 5.41) is 16.4. The minimum Gasteiger partial charge on any atom is -0.395 e. The Balaban J connectivity index is 1.42. The third kappa shape index (κ3) is 5.89. The van der Waals surface area contributed by atoms with Crippen LogP contribution in [0.15, 0.2) is 34.6 Å². The van der Waals surface area contributed by atoms with Crippen LogP contribution in [0.3, 0.4) is 0 Å². The fraction of sp³-hybridized carbons (Fsp3) is 0.455. The first-order valence-electron chi connectivity index (χ1n) is 11.0. The molecule has 9 nitrogen and oxygen atoms in total. The Bertz CT molecular complexity index is 1080. The zero-order valence-corrected chi connectivity index (χ0v) is 20.3. The highest BCUT2D eigenvalue weighted by molar-refractivity contribution is 7.17. The van der Waals surface area contributed by atoms with Crippen molar-refractivity contribution in [2.75, 3.05) is 49.5 Å². The maximum Gasteiger partial charge on any atom is 0.267 e. The smallest absolute Gasteiger partial charge is 0.267 e. The summed E-state index contributed by atoms with van der Waals surface area (Å²) in [4.78, 5) is 31.1. The maximum atomic E-state index is 12.7. The minimum absolute atomic E-state index is 0.176. The zero-order valence-electron chi connectivity index (χ0n) is 18.8. The van der Waals surface area contributed by atoms with E-state index in [1.165, 1.54) is 11.3 Å². The maximum absolute atomic E-state index is 12.7. The molecule has 3 heterocycles. The average Bonchev–Trinajstić information content (AvgIpc) is 3.25. The van der Waals surface area contributed by atoms with Crippen molar-refractivity contribution in [3.8, 4) is 0 Å². The number of rotatable bonds is 7. The van der Waals surface area contributed by atoms with Crippen LogP contribution in [0.1, 0.15) is 35.3 Å². The lowest BCUT2D eigenvalue weighted by Crippen LogP contribution is -2.47. The third-order valence-corrected chi connectivity index (χ3v) is 6.90. The van der Waals surface area contributed by atoms with Crippen LogP contribution in [0.2, 0.25) is 0 Å². The second-order valence-corrected chi connectivity index (χ2v) is 9.50. The quantitative estimate of drug-likeness (QED) is 0.545. The molecule has 176 valence electrons. The molecule has 2 aromatic heterocycles. The van der Waals surface area contributed by atoms with Gasteiger partial charge in [-0.1, -0.05) is 29.0 Å². The molecule has 1 fully saturated rings. The van der Waals surface area contributed by atoms with Crippen molar-refractivity contribution >= 4 is 45.6 Å². The molecule has 0 aromatic carbocycles. The molecule has 33 heavy (non-hydrogen) atoms. The van der Waals surface area contributed by atoms with Gasteiger partial charge in [-0.2, -0.15) is 0 Å². The van der Waals surface area contributed by atoms with Crippen LogP contribution in [-0.4, -0.2) is 70.2 Å². The summed E-state index contributed by atoms with van der Waals surface area (Å²) in [5.74, 6) is 1.91. The summed E-state index contributed by atoms with van der Waals surface area (Å²) >= 11 is 7.53. The Morgan fingerprint density at radius 3 is 2.76 bits per heavy atom. The fourth-order valence-corrected chi connectivity index (χ4v) is 4.89. The van der Waals surface area contributed by atoms with E-state index in [4.69, 9.17) is 16.7 Å². The van der Waals surface area contributed by atoms with Crippen molar-refractivity contribution in [3.05, 3.63) is 45.3 Å². The Morgan fingerprint density at radius 1 is 1.24 bits per heavy atom. The topological polar surface area (TPSA) is 107 Å². The lowest BCUT2D eigenvalue weighted by atomic mass is 10.0. The molecule has 2 aliphatic rings. The van der Waals surface area contributed by atoms with E-state index < -0.39 is 0 Å². The molecule has 1 aliphatic heterocycles. The number of aliphatic hydroxyl groups is 1. The van der Waals surface area contributed by atoms with E-state index in [9.17, 15) is 4.79 Å². The van der Waals surface area contributed by atoms with Crippen molar-refractivity contribution in [1.82, 2.24) is 25.2 Å². The minimum atomic E-state index is -0.233. The molecule has 1 aliphatic carbocycles. The number of β-amino-alcohol motifs (C(OH)–C–C–N with tert-alkyl or cyclic N) is 1. The number of carbonyl (C=O) groups is 1. The van der Waals surface area contributed by atoms with E-state index in [2.05, 4.69) is 35.4 Å². The van der Waals surface area contributed by atoms with Crippen LogP contribution < -0.4 is 15.5 Å². The van der Waals surface area contributed by atoms with E-state index in [1.54, 1.807) is 6.20 Å². The van der Waals surface area contributed by atoms with E-state index in [0.29, 0.717) is 38.9 Å². The third-order valence-electron chi connectivity index (χ3n) is 5.65. The van der Waals surface area contributed by atoms with Crippen LogP contribution in [0.5, 0.6) is 0 Å². The van der Waals surface area contributed by atoms with Gasteiger partial charge >= 0.3 is 0 Å². The van der Waals surface area contributed by atoms with Crippen LogP contribution in [0.25, 0.3) is 0 Å². The largest absolute Gasteiger partial charge is 0.395 e. The lowest BCUT2D eigenvalue weighted by Gasteiger charge is -2.35. The van der Waals surface area contributed by atoms with Gasteiger partial charge < -0.3 is 20.6 Å². The van der Waals surface area contributed by atoms with Gasteiger partial charge in [-0.3, -0.25) is 9.69 Å². The van der Waals surface area contributed by atoms with E-state index in [-0.39, 0.29) is 12.5 Å². The van der Waals surface area contributed by atoms with Crippen molar-refractivity contribution in [2.45, 2.75) is 26.7 Å². The number of allylic oxidation sites excluding steroid dienone is 3. The summed E-state index contributed by atoms with van der Waals surface area (Å²) in [6.45, 7) is 8.14. The number of aryl methyl sites for hydroxylation is 1. The first-order valence-corrected chi connectivity index (χ1v) is 12.2. The molecule has 0 radical (unpaired) electrons. The second kappa shape index (κ2) is 10.6. The molecule has 0 atom stereocenters. The summed E-state index contributed by atoms with van der Waals surface area (Å²) in [6.07, 6.45) is 5.24. The first kappa shape index (κ1) is 23.6. The molecule has 0 bridgehead atoms. The SMILES string of the molecule is CC1=C(NC(=O)c2cnc(Nc3cc(N4CCN(CCO)CC4)nc(C)n3)s2)C(Cl)=CCC1. The van der Waals surface area contributed by atoms with Gasteiger partial charge in [0.05, 0.1) is 23.5 Å².